The highest BCUT2D eigenvalue weighted by molar-refractivity contribution is 8.12. The van der Waals surface area contributed by atoms with Gasteiger partial charge in [-0.1, -0.05) is 0 Å². The van der Waals surface area contributed by atoms with Crippen LogP contribution in [0.2, 0.25) is 0 Å². The Morgan fingerprint density at radius 3 is 2.67 bits per heavy atom. The van der Waals surface area contributed by atoms with Gasteiger partial charge in [-0.05, 0) is 36.2 Å². The van der Waals surface area contributed by atoms with Crippen LogP contribution < -0.4 is 4.72 Å². The predicted molar refractivity (Wildman–Crippen MR) is 66.3 cm³/mol. The first kappa shape index (κ1) is 12.6. The minimum atomic E-state index is -1.00. The van der Waals surface area contributed by atoms with E-state index in [4.69, 9.17) is 10.4 Å². The molecule has 2 rings (SSSR count). The third kappa shape index (κ3) is 2.51. The van der Waals surface area contributed by atoms with Gasteiger partial charge in [-0.3, -0.25) is 0 Å². The van der Waals surface area contributed by atoms with Gasteiger partial charge in [0.05, 0.1) is 17.3 Å². The first-order valence-corrected chi connectivity index (χ1v) is 5.85. The van der Waals surface area contributed by atoms with Crippen LogP contribution in [0.4, 0.5) is 5.69 Å². The molecule has 1 saturated heterocycles. The average Bonchev–Trinajstić information content (AvgIpc) is 2.70. The van der Waals surface area contributed by atoms with Crippen molar-refractivity contribution in [3.8, 4) is 6.07 Å². The van der Waals surface area contributed by atoms with Crippen LogP contribution in [0.25, 0.3) is 0 Å². The van der Waals surface area contributed by atoms with Crippen molar-refractivity contribution < 1.29 is 15.0 Å². The molecule has 92 valence electrons. The number of hydrogen-bond donors (Lipinski definition) is 3. The quantitative estimate of drug-likeness (QED) is 0.690. The second-order valence-electron chi connectivity index (χ2n) is 3.57. The summed E-state index contributed by atoms with van der Waals surface area (Å²) in [6.45, 7) is 0. The fraction of sp³-hybridized carbons (Fsp3) is 0.182. The van der Waals surface area contributed by atoms with Crippen molar-refractivity contribution in [2.45, 2.75) is 6.23 Å². The Hall–Kier alpha value is -1.88. The largest absolute Gasteiger partial charge is 0.478 e. The molecule has 6 nitrogen and oxygen atoms in total. The lowest BCUT2D eigenvalue weighted by atomic mass is 10.1. The highest BCUT2D eigenvalue weighted by Crippen LogP contribution is 2.26. The molecule has 2 unspecified atom stereocenters. The molecule has 1 heterocycles. The Morgan fingerprint density at radius 2 is 2.11 bits per heavy atom. The Kier molecular flexibility index (Phi) is 3.62. The number of nitriles is 1. The molecule has 0 radical (unpaired) electrons. The standard InChI is InChI=1S/C11H9N3O3S/c12-5-8-9(15)14-18-10(8)13-7-3-1-6(2-4-7)11(16)17/h1-4,8-9,14-15H,(H,16,17). The molecular formula is C11H9N3O3S. The molecule has 1 fully saturated rings. The normalized spacial score (nSPS) is 25.0. The van der Waals surface area contributed by atoms with Gasteiger partial charge in [0.1, 0.15) is 17.2 Å². The molecule has 1 aliphatic heterocycles. The van der Waals surface area contributed by atoms with Crippen LogP contribution in [0, 0.1) is 17.2 Å². The average molecular weight is 263 g/mol. The molecule has 18 heavy (non-hydrogen) atoms. The number of nitrogens with zero attached hydrogens (tertiary/aromatic N) is 2. The minimum absolute atomic E-state index is 0.174. The molecule has 0 spiro atoms. The van der Waals surface area contributed by atoms with Crippen molar-refractivity contribution in [3.05, 3.63) is 29.8 Å². The monoisotopic (exact) mass is 263 g/mol. The van der Waals surface area contributed by atoms with Gasteiger partial charge in [-0.2, -0.15) is 5.26 Å². The minimum Gasteiger partial charge on any atom is -0.478 e. The van der Waals surface area contributed by atoms with Crippen molar-refractivity contribution in [2.24, 2.45) is 10.9 Å². The summed E-state index contributed by atoms with van der Waals surface area (Å²) in [6, 6.07) is 7.93. The number of carboxylic acids is 1. The SMILES string of the molecule is N#CC1C(=Nc2ccc(C(=O)O)cc2)SNC1O. The molecule has 0 aromatic heterocycles. The fourth-order valence-corrected chi connectivity index (χ4v) is 2.25. The summed E-state index contributed by atoms with van der Waals surface area (Å²) < 4.78 is 2.65. The zero-order valence-electron chi connectivity index (χ0n) is 9.07. The lowest BCUT2D eigenvalue weighted by Gasteiger charge is -2.03. The zero-order valence-corrected chi connectivity index (χ0v) is 9.89. The number of aliphatic hydroxyl groups excluding tert-OH is 1. The maximum Gasteiger partial charge on any atom is 0.335 e. The summed E-state index contributed by atoms with van der Waals surface area (Å²) in [5.74, 6) is -1.70. The van der Waals surface area contributed by atoms with Gasteiger partial charge in [-0.25, -0.2) is 14.5 Å². The van der Waals surface area contributed by atoms with Gasteiger partial charge in [0.15, 0.2) is 0 Å². The van der Waals surface area contributed by atoms with Crippen LogP contribution in [0.5, 0.6) is 0 Å². The van der Waals surface area contributed by atoms with E-state index in [9.17, 15) is 9.90 Å². The fourth-order valence-electron chi connectivity index (χ4n) is 1.41. The summed E-state index contributed by atoms with van der Waals surface area (Å²) in [6.07, 6.45) is -0.933. The number of aromatic carboxylic acids is 1. The summed E-state index contributed by atoms with van der Waals surface area (Å²) in [4.78, 5) is 14.9. The maximum absolute atomic E-state index is 10.7. The molecule has 3 N–H and O–H groups in total. The lowest BCUT2D eigenvalue weighted by Crippen LogP contribution is -2.24. The zero-order chi connectivity index (χ0) is 13.1. The summed E-state index contributed by atoms with van der Waals surface area (Å²) in [5.41, 5.74) is 0.715. The van der Waals surface area contributed by atoms with E-state index in [-0.39, 0.29) is 5.56 Å². The number of aliphatic hydroxyl groups is 1. The van der Waals surface area contributed by atoms with Gasteiger partial charge in [0.2, 0.25) is 0 Å². The van der Waals surface area contributed by atoms with Crippen molar-refractivity contribution in [1.29, 1.82) is 5.26 Å². The van der Waals surface area contributed by atoms with Crippen LogP contribution >= 0.6 is 11.9 Å². The van der Waals surface area contributed by atoms with E-state index in [1.807, 2.05) is 6.07 Å². The van der Waals surface area contributed by atoms with E-state index in [1.165, 1.54) is 12.1 Å². The number of carbonyl (C=O) groups is 1. The second kappa shape index (κ2) is 5.18. The van der Waals surface area contributed by atoms with Gasteiger partial charge in [0.25, 0.3) is 0 Å². The molecule has 1 aromatic carbocycles. The highest BCUT2D eigenvalue weighted by Gasteiger charge is 2.32. The highest BCUT2D eigenvalue weighted by atomic mass is 32.2. The van der Waals surface area contributed by atoms with Crippen LogP contribution in [0.3, 0.4) is 0 Å². The van der Waals surface area contributed by atoms with E-state index in [0.717, 1.165) is 11.9 Å². The molecule has 1 aromatic rings. The van der Waals surface area contributed by atoms with Gasteiger partial charge in [-0.15, -0.1) is 0 Å². The maximum atomic E-state index is 10.7. The molecular weight excluding hydrogens is 254 g/mol. The smallest absolute Gasteiger partial charge is 0.335 e. The third-order valence-electron chi connectivity index (χ3n) is 2.36. The Bertz CT molecular complexity index is 535. The van der Waals surface area contributed by atoms with E-state index in [1.54, 1.807) is 12.1 Å². The van der Waals surface area contributed by atoms with E-state index < -0.39 is 18.1 Å². The second-order valence-corrected chi connectivity index (χ2v) is 4.43. The van der Waals surface area contributed by atoms with Crippen molar-refractivity contribution in [3.63, 3.8) is 0 Å². The van der Waals surface area contributed by atoms with Crippen LogP contribution in [-0.4, -0.2) is 27.5 Å². The summed E-state index contributed by atoms with van der Waals surface area (Å²) in [7, 11) is 0. The van der Waals surface area contributed by atoms with E-state index in [0.29, 0.717) is 10.7 Å². The molecule has 0 aliphatic carbocycles. The van der Waals surface area contributed by atoms with Crippen molar-refractivity contribution >= 4 is 28.6 Å². The molecule has 0 bridgehead atoms. The third-order valence-corrected chi connectivity index (χ3v) is 3.27. The number of hydrogen-bond acceptors (Lipinski definition) is 6. The number of nitrogens with one attached hydrogen (secondary N) is 1. The Balaban J connectivity index is 2.23. The summed E-state index contributed by atoms with van der Waals surface area (Å²) >= 11 is 1.10. The number of benzene rings is 1. The number of aliphatic imine (C=N–C) groups is 1. The van der Waals surface area contributed by atoms with Crippen molar-refractivity contribution in [1.82, 2.24) is 4.72 Å². The van der Waals surface area contributed by atoms with Crippen LogP contribution in [0.15, 0.2) is 29.3 Å². The Morgan fingerprint density at radius 1 is 1.44 bits per heavy atom. The molecule has 2 atom stereocenters. The van der Waals surface area contributed by atoms with Crippen LogP contribution in [0.1, 0.15) is 10.4 Å². The van der Waals surface area contributed by atoms with Gasteiger partial charge >= 0.3 is 5.97 Å². The topological polar surface area (TPSA) is 106 Å². The van der Waals surface area contributed by atoms with Crippen molar-refractivity contribution in [2.75, 3.05) is 0 Å². The van der Waals surface area contributed by atoms with Crippen LogP contribution in [-0.2, 0) is 0 Å². The molecule has 0 saturated carbocycles. The summed E-state index contributed by atoms with van der Waals surface area (Å²) in [5, 5.41) is 27.5. The number of carboxylic acid groups (broad SMARTS) is 1. The van der Waals surface area contributed by atoms with Gasteiger partial charge in [0, 0.05) is 0 Å². The lowest BCUT2D eigenvalue weighted by molar-refractivity contribution is 0.0697. The van der Waals surface area contributed by atoms with E-state index >= 15 is 0 Å². The molecule has 7 heteroatoms. The predicted octanol–water partition coefficient (Wildman–Crippen LogP) is 1.12. The van der Waals surface area contributed by atoms with E-state index in [2.05, 4.69) is 9.71 Å². The Labute approximate surface area is 107 Å². The molecule has 0 amide bonds. The molecule has 1 aliphatic rings. The van der Waals surface area contributed by atoms with Gasteiger partial charge < -0.3 is 10.2 Å². The number of rotatable bonds is 2. The first-order chi connectivity index (χ1) is 8.61. The first-order valence-electron chi connectivity index (χ1n) is 5.04.